The van der Waals surface area contributed by atoms with Crippen LogP contribution in [0.15, 0.2) is 54.7 Å². The molecule has 2 heterocycles. The van der Waals surface area contributed by atoms with Gasteiger partial charge in [-0.2, -0.15) is 0 Å². The van der Waals surface area contributed by atoms with Crippen LogP contribution in [0.25, 0.3) is 11.1 Å². The number of halogens is 2. The van der Waals surface area contributed by atoms with Gasteiger partial charge < -0.3 is 9.47 Å². The van der Waals surface area contributed by atoms with Crippen LogP contribution in [0.4, 0.5) is 14.6 Å². The molecule has 0 saturated carbocycles. The Morgan fingerprint density at radius 3 is 2.39 bits per heavy atom. The summed E-state index contributed by atoms with van der Waals surface area (Å²) < 4.78 is 35.5. The Bertz CT molecular complexity index is 1020. The number of aryl methyl sites for hydroxylation is 2. The van der Waals surface area contributed by atoms with Crippen LogP contribution in [0, 0.1) is 13.8 Å². The fraction of sp³-hybridized carbons (Fsp3) is 0.190. The maximum absolute atomic E-state index is 13.3. The average molecular weight is 384 g/mol. The minimum atomic E-state index is -3.65. The van der Waals surface area contributed by atoms with Gasteiger partial charge in [-0.1, -0.05) is 24.3 Å². The van der Waals surface area contributed by atoms with E-state index in [-0.39, 0.29) is 11.5 Å². The van der Waals surface area contributed by atoms with Crippen LogP contribution in [0.2, 0.25) is 0 Å². The van der Waals surface area contributed by atoms with Crippen molar-refractivity contribution in [2.45, 2.75) is 26.7 Å². The highest BCUT2D eigenvalue weighted by atomic mass is 19.3. The number of rotatable bonds is 4. The Kier molecular flexibility index (Phi) is 4.39. The van der Waals surface area contributed by atoms with Gasteiger partial charge in [0.05, 0.1) is 6.54 Å². The average Bonchev–Trinajstić information content (AvgIpc) is 2.96. The van der Waals surface area contributed by atoms with Gasteiger partial charge in [0.15, 0.2) is 17.3 Å². The summed E-state index contributed by atoms with van der Waals surface area (Å²) in [7, 11) is 0. The van der Waals surface area contributed by atoms with Gasteiger partial charge in [0, 0.05) is 11.8 Å². The first kappa shape index (κ1) is 18.2. The predicted molar refractivity (Wildman–Crippen MR) is 99.8 cm³/mol. The zero-order chi connectivity index (χ0) is 19.9. The lowest BCUT2D eigenvalue weighted by Gasteiger charge is -2.17. The lowest BCUT2D eigenvalue weighted by molar-refractivity contribution is -0.286. The lowest BCUT2D eigenvalue weighted by atomic mass is 10.0. The quantitative estimate of drug-likeness (QED) is 0.636. The van der Waals surface area contributed by atoms with Gasteiger partial charge >= 0.3 is 6.29 Å². The van der Waals surface area contributed by atoms with Crippen LogP contribution in [-0.4, -0.2) is 16.5 Å². The Morgan fingerprint density at radius 1 is 1.00 bits per heavy atom. The Balaban J connectivity index is 1.57. The largest absolute Gasteiger partial charge is 0.586 e. The number of fused-ring (bicyclic) bond motifs is 1. The molecule has 28 heavy (non-hydrogen) atoms. The number of ether oxygens (including phenoxy) is 2. The third kappa shape index (κ3) is 3.48. The third-order valence-corrected chi connectivity index (χ3v) is 4.65. The number of hydroxylamine groups is 1. The molecular weight excluding hydrogens is 366 g/mol. The van der Waals surface area contributed by atoms with Crippen LogP contribution in [0.1, 0.15) is 16.7 Å². The number of benzene rings is 2. The van der Waals surface area contributed by atoms with Crippen LogP contribution in [-0.2, 0) is 6.54 Å². The zero-order valence-corrected chi connectivity index (χ0v) is 15.3. The van der Waals surface area contributed by atoms with E-state index in [1.54, 1.807) is 25.3 Å². The van der Waals surface area contributed by atoms with E-state index in [1.807, 2.05) is 31.2 Å². The molecule has 0 atom stereocenters. The second kappa shape index (κ2) is 6.76. The second-order valence-corrected chi connectivity index (χ2v) is 6.67. The highest BCUT2D eigenvalue weighted by Crippen LogP contribution is 2.44. The van der Waals surface area contributed by atoms with Crippen molar-refractivity contribution in [2.75, 3.05) is 5.06 Å². The third-order valence-electron chi connectivity index (χ3n) is 4.65. The van der Waals surface area contributed by atoms with E-state index in [2.05, 4.69) is 14.5 Å². The van der Waals surface area contributed by atoms with Crippen molar-refractivity contribution in [1.29, 1.82) is 0 Å². The summed E-state index contributed by atoms with van der Waals surface area (Å²) in [5.41, 5.74) is 4.22. The first-order chi connectivity index (χ1) is 13.3. The molecule has 0 saturated heterocycles. The first-order valence-electron chi connectivity index (χ1n) is 8.70. The van der Waals surface area contributed by atoms with E-state index in [0.29, 0.717) is 23.5 Å². The van der Waals surface area contributed by atoms with Crippen molar-refractivity contribution in [3.63, 3.8) is 0 Å². The number of nitrogens with zero attached hydrogens (tertiary/aromatic N) is 2. The van der Waals surface area contributed by atoms with E-state index in [4.69, 9.17) is 0 Å². The maximum Gasteiger partial charge on any atom is 0.586 e. The molecule has 0 spiro atoms. The topological polar surface area (TPSA) is 54.8 Å². The molecule has 0 aliphatic carbocycles. The number of alkyl halides is 2. The normalized spacial score (nSPS) is 14.2. The monoisotopic (exact) mass is 384 g/mol. The molecule has 0 bridgehead atoms. The number of aromatic nitrogens is 1. The SMILES string of the molecule is Cc1ccccc1CN(O)c1ccc(-c2cc3c(cc2C)OC(F)(F)O3)cn1. The highest BCUT2D eigenvalue weighted by Gasteiger charge is 2.43. The molecule has 5 nitrogen and oxygen atoms in total. The molecule has 1 aliphatic rings. The molecule has 3 aromatic rings. The van der Waals surface area contributed by atoms with E-state index in [9.17, 15) is 14.0 Å². The summed E-state index contributed by atoms with van der Waals surface area (Å²) in [6.07, 6.45) is -2.07. The highest BCUT2D eigenvalue weighted by molar-refractivity contribution is 5.71. The molecule has 0 fully saturated rings. The lowest BCUT2D eigenvalue weighted by Crippen LogP contribution is -2.25. The molecule has 7 heteroatoms. The van der Waals surface area contributed by atoms with Crippen molar-refractivity contribution in [2.24, 2.45) is 0 Å². The van der Waals surface area contributed by atoms with Crippen LogP contribution in [0.5, 0.6) is 11.5 Å². The minimum absolute atomic E-state index is 0.00981. The second-order valence-electron chi connectivity index (χ2n) is 6.67. The first-order valence-corrected chi connectivity index (χ1v) is 8.70. The number of hydrogen-bond acceptors (Lipinski definition) is 5. The summed E-state index contributed by atoms with van der Waals surface area (Å²) >= 11 is 0. The van der Waals surface area contributed by atoms with Gasteiger partial charge in [-0.05, 0) is 60.4 Å². The summed E-state index contributed by atoms with van der Waals surface area (Å²) in [5.74, 6) is 0.380. The van der Waals surface area contributed by atoms with Crippen molar-refractivity contribution >= 4 is 5.82 Å². The minimum Gasteiger partial charge on any atom is -0.395 e. The smallest absolute Gasteiger partial charge is 0.395 e. The molecule has 4 rings (SSSR count). The molecule has 1 N–H and O–H groups in total. The van der Waals surface area contributed by atoms with Crippen LogP contribution >= 0.6 is 0 Å². The maximum atomic E-state index is 13.3. The summed E-state index contributed by atoms with van der Waals surface area (Å²) in [6, 6.07) is 14.2. The fourth-order valence-electron chi connectivity index (χ4n) is 3.14. The Labute approximate surface area is 160 Å². The predicted octanol–water partition coefficient (Wildman–Crippen LogP) is 5.08. The van der Waals surface area contributed by atoms with Gasteiger partial charge in [0.2, 0.25) is 0 Å². The van der Waals surface area contributed by atoms with E-state index in [0.717, 1.165) is 21.8 Å². The molecule has 2 aromatic carbocycles. The summed E-state index contributed by atoms with van der Waals surface area (Å²) in [6.45, 7) is 4.07. The number of hydrogen-bond donors (Lipinski definition) is 1. The van der Waals surface area contributed by atoms with Gasteiger partial charge in [0.25, 0.3) is 0 Å². The molecule has 1 aliphatic heterocycles. The summed E-state index contributed by atoms with van der Waals surface area (Å²) in [4.78, 5) is 4.30. The molecular formula is C21H18F2N2O3. The Morgan fingerprint density at radius 2 is 1.71 bits per heavy atom. The number of pyridine rings is 1. The van der Waals surface area contributed by atoms with Crippen molar-refractivity contribution in [3.05, 3.63) is 71.4 Å². The van der Waals surface area contributed by atoms with Gasteiger partial charge in [-0.3, -0.25) is 5.21 Å². The van der Waals surface area contributed by atoms with Crippen LogP contribution in [0.3, 0.4) is 0 Å². The zero-order valence-electron chi connectivity index (χ0n) is 15.3. The molecule has 0 radical (unpaired) electrons. The van der Waals surface area contributed by atoms with E-state index in [1.165, 1.54) is 12.1 Å². The van der Waals surface area contributed by atoms with Crippen molar-refractivity contribution < 1.29 is 23.5 Å². The van der Waals surface area contributed by atoms with Crippen molar-refractivity contribution in [3.8, 4) is 22.6 Å². The van der Waals surface area contributed by atoms with Crippen LogP contribution < -0.4 is 14.5 Å². The molecule has 0 amide bonds. The van der Waals surface area contributed by atoms with Crippen molar-refractivity contribution in [1.82, 2.24) is 4.98 Å². The number of anilines is 1. The Hall–Kier alpha value is -3.19. The van der Waals surface area contributed by atoms with E-state index >= 15 is 0 Å². The van der Waals surface area contributed by atoms with Gasteiger partial charge in [-0.25, -0.2) is 10.0 Å². The van der Waals surface area contributed by atoms with E-state index < -0.39 is 6.29 Å². The molecule has 144 valence electrons. The fourth-order valence-corrected chi connectivity index (χ4v) is 3.14. The summed E-state index contributed by atoms with van der Waals surface area (Å²) in [5, 5.41) is 11.4. The van der Waals surface area contributed by atoms with Gasteiger partial charge in [0.1, 0.15) is 0 Å². The molecule has 1 aromatic heterocycles. The molecule has 0 unspecified atom stereocenters. The standard InChI is InChI=1S/C21H18F2N2O3/c1-13-5-3-4-6-16(13)12-25(26)20-8-7-15(11-24-20)17-10-19-18(9-14(17)2)27-21(22,23)28-19/h3-11,26H,12H2,1-2H3. The van der Waals surface area contributed by atoms with Gasteiger partial charge in [-0.15, -0.1) is 8.78 Å².